The molecule has 4 nitrogen and oxygen atoms in total. The molecule has 0 aliphatic carbocycles. The lowest BCUT2D eigenvalue weighted by Crippen LogP contribution is -2.15. The van der Waals surface area contributed by atoms with Crippen LogP contribution in [0.2, 0.25) is 0 Å². The van der Waals surface area contributed by atoms with Gasteiger partial charge in [-0.2, -0.15) is 0 Å². The highest BCUT2D eigenvalue weighted by atomic mass is 31.1. The van der Waals surface area contributed by atoms with E-state index in [0.29, 0.717) is 19.8 Å². The van der Waals surface area contributed by atoms with E-state index in [2.05, 4.69) is 47.6 Å². The molecule has 2 aromatic rings. The molecule has 0 aromatic heterocycles. The normalized spacial score (nSPS) is 11.4. The summed E-state index contributed by atoms with van der Waals surface area (Å²) in [5.41, 5.74) is 5.49. The molecule has 0 heterocycles. The summed E-state index contributed by atoms with van der Waals surface area (Å²) in [6, 6.07) is 6.10. The van der Waals surface area contributed by atoms with Gasteiger partial charge in [-0.3, -0.25) is 4.79 Å². The summed E-state index contributed by atoms with van der Waals surface area (Å²) < 4.78 is 19.0. The minimum atomic E-state index is -0.0821. The molecular formula is C35H55O4P. The molecule has 0 saturated carbocycles. The van der Waals surface area contributed by atoms with Gasteiger partial charge in [0.05, 0.1) is 25.1 Å². The van der Waals surface area contributed by atoms with Gasteiger partial charge in [-0.05, 0) is 77.8 Å². The van der Waals surface area contributed by atoms with Crippen LogP contribution in [0.3, 0.4) is 0 Å². The van der Waals surface area contributed by atoms with Crippen molar-refractivity contribution in [1.29, 1.82) is 0 Å². The van der Waals surface area contributed by atoms with Crippen molar-refractivity contribution in [1.82, 2.24) is 0 Å². The fourth-order valence-electron chi connectivity index (χ4n) is 4.95. The highest BCUT2D eigenvalue weighted by Gasteiger charge is 2.22. The summed E-state index contributed by atoms with van der Waals surface area (Å²) in [4.78, 5) is 13.9. The Kier molecular flexibility index (Phi) is 16.3. The van der Waals surface area contributed by atoms with Crippen LogP contribution in [0.4, 0.5) is 0 Å². The van der Waals surface area contributed by atoms with Crippen molar-refractivity contribution in [2.24, 2.45) is 0 Å². The third-order valence-corrected chi connectivity index (χ3v) is 8.86. The molecule has 0 fully saturated rings. The van der Waals surface area contributed by atoms with Crippen LogP contribution in [0.15, 0.2) is 18.2 Å². The average molecular weight is 571 g/mol. The number of rotatable bonds is 21. The van der Waals surface area contributed by atoms with E-state index in [1.165, 1.54) is 56.1 Å². The first-order valence-corrected chi connectivity index (χ1v) is 16.8. The summed E-state index contributed by atoms with van der Waals surface area (Å²) in [6.45, 7) is 16.9. The van der Waals surface area contributed by atoms with Crippen LogP contribution in [0.5, 0.6) is 17.2 Å². The van der Waals surface area contributed by atoms with Gasteiger partial charge in [0.25, 0.3) is 0 Å². The predicted molar refractivity (Wildman–Crippen MR) is 173 cm³/mol. The first-order valence-electron chi connectivity index (χ1n) is 15.8. The quantitative estimate of drug-likeness (QED) is 0.111. The largest absolute Gasteiger partial charge is 0.493 e. The van der Waals surface area contributed by atoms with E-state index in [4.69, 9.17) is 14.2 Å². The standard InChI is InChI=1S/C35H55O4P/c1-8-11-14-17-20-37-30-24-31(38-21-18-15-12-9-2)34(32(25-30)39-22-19-16-13-10-3)40-35(36)33-27(5)23-26(4)28(6)29(33)7/h23-25,40H,8-22H2,1-7H3. The van der Waals surface area contributed by atoms with E-state index < -0.39 is 0 Å². The smallest absolute Gasteiger partial charge is 0.186 e. The van der Waals surface area contributed by atoms with Gasteiger partial charge in [-0.15, -0.1) is 0 Å². The van der Waals surface area contributed by atoms with Gasteiger partial charge >= 0.3 is 0 Å². The molecule has 40 heavy (non-hydrogen) atoms. The van der Waals surface area contributed by atoms with Crippen LogP contribution in [0.1, 0.15) is 130 Å². The molecule has 1 unspecified atom stereocenters. The zero-order valence-corrected chi connectivity index (χ0v) is 27.5. The minimum absolute atomic E-state index is 0.0821. The molecule has 2 aromatic carbocycles. The molecule has 1 atom stereocenters. The number of unbranched alkanes of at least 4 members (excludes halogenated alkanes) is 9. The Morgan fingerprint density at radius 2 is 1.07 bits per heavy atom. The van der Waals surface area contributed by atoms with Gasteiger partial charge in [0.1, 0.15) is 17.2 Å². The Morgan fingerprint density at radius 1 is 0.600 bits per heavy atom. The van der Waals surface area contributed by atoms with Gasteiger partial charge in [0.15, 0.2) is 5.52 Å². The lowest BCUT2D eigenvalue weighted by Gasteiger charge is -2.20. The topological polar surface area (TPSA) is 44.8 Å². The van der Waals surface area contributed by atoms with Gasteiger partial charge in [0.2, 0.25) is 0 Å². The molecule has 2 rings (SSSR count). The van der Waals surface area contributed by atoms with Crippen molar-refractivity contribution in [3.8, 4) is 17.2 Å². The minimum Gasteiger partial charge on any atom is -0.493 e. The summed E-state index contributed by atoms with van der Waals surface area (Å²) >= 11 is 0. The van der Waals surface area contributed by atoms with Crippen molar-refractivity contribution in [2.45, 2.75) is 126 Å². The van der Waals surface area contributed by atoms with Crippen LogP contribution in [0.25, 0.3) is 0 Å². The van der Waals surface area contributed by atoms with Crippen LogP contribution < -0.4 is 19.5 Å². The average Bonchev–Trinajstić information content (AvgIpc) is 2.92. The zero-order chi connectivity index (χ0) is 29.3. The highest BCUT2D eigenvalue weighted by Crippen LogP contribution is 2.36. The fourth-order valence-corrected chi connectivity index (χ4v) is 6.22. The number of hydrogen-bond acceptors (Lipinski definition) is 4. The fraction of sp³-hybridized carbons (Fsp3) is 0.629. The van der Waals surface area contributed by atoms with Crippen molar-refractivity contribution >= 4 is 19.4 Å². The van der Waals surface area contributed by atoms with Crippen molar-refractivity contribution in [2.75, 3.05) is 19.8 Å². The molecule has 0 radical (unpaired) electrons. The molecule has 224 valence electrons. The summed E-state index contributed by atoms with van der Waals surface area (Å²) in [7, 11) is -0.0821. The summed E-state index contributed by atoms with van der Waals surface area (Å²) in [5, 5.41) is 0.867. The van der Waals surface area contributed by atoms with Crippen molar-refractivity contribution in [3.63, 3.8) is 0 Å². The van der Waals surface area contributed by atoms with E-state index in [1.807, 2.05) is 19.1 Å². The molecule has 0 spiro atoms. The summed E-state index contributed by atoms with van der Waals surface area (Å²) in [6.07, 6.45) is 13.7. The monoisotopic (exact) mass is 570 g/mol. The molecule has 0 aliphatic rings. The van der Waals surface area contributed by atoms with Crippen LogP contribution in [0, 0.1) is 27.7 Å². The van der Waals surface area contributed by atoms with Gasteiger partial charge in [-0.25, -0.2) is 0 Å². The summed E-state index contributed by atoms with van der Waals surface area (Å²) in [5.74, 6) is 2.23. The van der Waals surface area contributed by atoms with E-state index in [-0.39, 0.29) is 14.1 Å². The molecular weight excluding hydrogens is 515 g/mol. The van der Waals surface area contributed by atoms with Crippen molar-refractivity contribution < 1.29 is 19.0 Å². The first kappa shape index (κ1) is 34.1. The molecule has 0 aliphatic heterocycles. The van der Waals surface area contributed by atoms with E-state index in [9.17, 15) is 4.79 Å². The van der Waals surface area contributed by atoms with E-state index in [1.54, 1.807) is 0 Å². The Morgan fingerprint density at radius 3 is 1.55 bits per heavy atom. The predicted octanol–water partition coefficient (Wildman–Crippen LogP) is 9.94. The third kappa shape index (κ3) is 11.1. The van der Waals surface area contributed by atoms with Crippen LogP contribution in [-0.4, -0.2) is 25.3 Å². The van der Waals surface area contributed by atoms with Gasteiger partial charge < -0.3 is 14.2 Å². The number of carbonyl (C=O) groups excluding carboxylic acids is 1. The molecule has 0 saturated heterocycles. The Hall–Kier alpha value is -2.06. The second kappa shape index (κ2) is 19.1. The maximum absolute atomic E-state index is 13.9. The maximum Gasteiger partial charge on any atom is 0.186 e. The zero-order valence-electron chi connectivity index (χ0n) is 26.5. The van der Waals surface area contributed by atoms with Crippen LogP contribution in [-0.2, 0) is 0 Å². The number of ether oxygens (including phenoxy) is 3. The number of carbonyl (C=O) groups is 1. The van der Waals surface area contributed by atoms with Gasteiger partial charge in [0, 0.05) is 17.7 Å². The Balaban J connectivity index is 2.40. The van der Waals surface area contributed by atoms with E-state index in [0.717, 1.165) is 71.3 Å². The second-order valence-electron chi connectivity index (χ2n) is 11.1. The van der Waals surface area contributed by atoms with Crippen LogP contribution >= 0.6 is 8.58 Å². The molecule has 0 amide bonds. The van der Waals surface area contributed by atoms with Crippen molar-refractivity contribution in [3.05, 3.63) is 46.0 Å². The number of aryl methyl sites for hydroxylation is 2. The number of hydrogen-bond donors (Lipinski definition) is 0. The maximum atomic E-state index is 13.9. The highest BCUT2D eigenvalue weighted by molar-refractivity contribution is 7.66. The Bertz CT molecular complexity index is 1010. The molecule has 5 heteroatoms. The molecule has 0 bridgehead atoms. The lowest BCUT2D eigenvalue weighted by atomic mass is 9.95. The SMILES string of the molecule is CCCCCCOc1cc(OCCCCCC)c(PC(=O)c2c(C)cc(C)c(C)c2C)c(OCCCCCC)c1. The second-order valence-corrected chi connectivity index (χ2v) is 12.3. The van der Waals surface area contributed by atoms with E-state index >= 15 is 0 Å². The lowest BCUT2D eigenvalue weighted by molar-refractivity contribution is 0.108. The Labute approximate surface area is 246 Å². The molecule has 0 N–H and O–H groups in total. The first-order chi connectivity index (χ1) is 19.3. The number of benzene rings is 2. The van der Waals surface area contributed by atoms with Gasteiger partial charge in [-0.1, -0.05) is 84.6 Å². The third-order valence-electron chi connectivity index (χ3n) is 7.64.